The SMILES string of the molecule is CC(=O)N(Cc1ccccc1)C(CC=O)[C@H]1O[C@@H]2OC(C)(C)O[C@@H]2[C@H]2OC(C)(C)O[C@H]21. The van der Waals surface area contributed by atoms with E-state index in [0.717, 1.165) is 11.8 Å². The highest BCUT2D eigenvalue weighted by atomic mass is 16.9. The number of carbonyl (C=O) groups excluding carboxylic acids is 2. The first-order chi connectivity index (χ1) is 14.6. The molecular weight excluding hydrogens is 402 g/mol. The van der Waals surface area contributed by atoms with Gasteiger partial charge in [-0.25, -0.2) is 0 Å². The van der Waals surface area contributed by atoms with Crippen LogP contribution in [-0.4, -0.2) is 65.4 Å². The van der Waals surface area contributed by atoms with Gasteiger partial charge in [0.2, 0.25) is 5.91 Å². The first-order valence-corrected chi connectivity index (χ1v) is 10.7. The van der Waals surface area contributed by atoms with Gasteiger partial charge in [-0.1, -0.05) is 30.3 Å². The molecule has 1 amide bonds. The van der Waals surface area contributed by atoms with E-state index < -0.39 is 48.3 Å². The summed E-state index contributed by atoms with van der Waals surface area (Å²) in [6, 6.07) is 9.11. The molecule has 3 aliphatic rings. The van der Waals surface area contributed by atoms with Crippen molar-refractivity contribution in [1.82, 2.24) is 4.90 Å². The van der Waals surface area contributed by atoms with Crippen LogP contribution in [-0.2, 0) is 39.8 Å². The van der Waals surface area contributed by atoms with Crippen molar-refractivity contribution in [3.05, 3.63) is 35.9 Å². The highest BCUT2D eigenvalue weighted by Gasteiger charge is 2.62. The highest BCUT2D eigenvalue weighted by Crippen LogP contribution is 2.45. The quantitative estimate of drug-likeness (QED) is 0.637. The Morgan fingerprint density at radius 3 is 2.26 bits per heavy atom. The molecule has 31 heavy (non-hydrogen) atoms. The largest absolute Gasteiger partial charge is 0.342 e. The van der Waals surface area contributed by atoms with Crippen molar-refractivity contribution < 1.29 is 33.3 Å². The fraction of sp³-hybridized carbons (Fsp3) is 0.652. The number of rotatable bonds is 6. The maximum absolute atomic E-state index is 12.7. The molecule has 0 spiro atoms. The van der Waals surface area contributed by atoms with Crippen LogP contribution < -0.4 is 0 Å². The van der Waals surface area contributed by atoms with Crippen LogP contribution in [0.1, 0.15) is 46.6 Å². The van der Waals surface area contributed by atoms with Crippen LogP contribution in [0.25, 0.3) is 0 Å². The number of carbonyl (C=O) groups is 2. The van der Waals surface area contributed by atoms with Gasteiger partial charge >= 0.3 is 0 Å². The van der Waals surface area contributed by atoms with Crippen molar-refractivity contribution >= 4 is 12.2 Å². The summed E-state index contributed by atoms with van der Waals surface area (Å²) in [5, 5.41) is 0. The molecule has 4 rings (SSSR count). The van der Waals surface area contributed by atoms with Crippen LogP contribution in [0.3, 0.4) is 0 Å². The van der Waals surface area contributed by atoms with Crippen molar-refractivity contribution in [2.45, 2.75) is 95.9 Å². The third-order valence-corrected chi connectivity index (χ3v) is 5.91. The molecule has 0 radical (unpaired) electrons. The number of hydrogen-bond donors (Lipinski definition) is 0. The summed E-state index contributed by atoms with van der Waals surface area (Å²) in [6.45, 7) is 9.16. The van der Waals surface area contributed by atoms with Gasteiger partial charge in [-0.05, 0) is 33.3 Å². The van der Waals surface area contributed by atoms with Gasteiger partial charge in [-0.3, -0.25) is 4.79 Å². The topological polar surface area (TPSA) is 83.5 Å². The molecule has 170 valence electrons. The summed E-state index contributed by atoms with van der Waals surface area (Å²) >= 11 is 0. The molecule has 1 aromatic carbocycles. The third kappa shape index (κ3) is 4.54. The number of aldehydes is 1. The molecule has 0 N–H and O–H groups in total. The average Bonchev–Trinajstić information content (AvgIpc) is 3.18. The minimum Gasteiger partial charge on any atom is -0.342 e. The normalized spacial score (nSPS) is 33.9. The van der Waals surface area contributed by atoms with Crippen molar-refractivity contribution in [2.75, 3.05) is 0 Å². The molecule has 0 aliphatic carbocycles. The zero-order chi connectivity index (χ0) is 22.4. The van der Waals surface area contributed by atoms with Crippen LogP contribution in [0.2, 0.25) is 0 Å². The molecule has 8 heteroatoms. The molecule has 1 aromatic rings. The highest BCUT2D eigenvalue weighted by molar-refractivity contribution is 5.74. The summed E-state index contributed by atoms with van der Waals surface area (Å²) in [7, 11) is 0. The Morgan fingerprint density at radius 2 is 1.61 bits per heavy atom. The predicted octanol–water partition coefficient (Wildman–Crippen LogP) is 2.39. The Morgan fingerprint density at radius 1 is 1.00 bits per heavy atom. The molecule has 1 unspecified atom stereocenters. The van der Waals surface area contributed by atoms with Gasteiger partial charge in [-0.15, -0.1) is 0 Å². The second-order valence-electron chi connectivity index (χ2n) is 9.24. The molecule has 3 aliphatic heterocycles. The van der Waals surface area contributed by atoms with Crippen molar-refractivity contribution in [2.24, 2.45) is 0 Å². The maximum Gasteiger partial charge on any atom is 0.220 e. The Hall–Kier alpha value is -1.84. The lowest BCUT2D eigenvalue weighted by atomic mass is 9.91. The molecule has 0 saturated carbocycles. The molecule has 6 atom stereocenters. The smallest absolute Gasteiger partial charge is 0.220 e. The number of hydrogen-bond acceptors (Lipinski definition) is 7. The fourth-order valence-electron chi connectivity index (χ4n) is 4.73. The van der Waals surface area contributed by atoms with Crippen molar-refractivity contribution in [3.63, 3.8) is 0 Å². The van der Waals surface area contributed by atoms with E-state index in [0.29, 0.717) is 6.54 Å². The monoisotopic (exact) mass is 433 g/mol. The van der Waals surface area contributed by atoms with Gasteiger partial charge in [0.15, 0.2) is 17.9 Å². The lowest BCUT2D eigenvalue weighted by molar-refractivity contribution is -0.246. The fourth-order valence-corrected chi connectivity index (χ4v) is 4.73. The van der Waals surface area contributed by atoms with Crippen LogP contribution in [0.4, 0.5) is 0 Å². The number of nitrogens with zero attached hydrogens (tertiary/aromatic N) is 1. The Balaban J connectivity index is 1.67. The molecule has 3 heterocycles. The summed E-state index contributed by atoms with van der Waals surface area (Å²) < 4.78 is 30.7. The molecule has 3 fully saturated rings. The van der Waals surface area contributed by atoms with Gasteiger partial charge in [0.05, 0.1) is 6.04 Å². The standard InChI is InChI=1S/C23H31NO7/c1-14(26)24(13-15-9-7-6-8-10-15)16(11-12-25)17-18-19(29-22(2,3)28-18)20-21(27-17)31-23(4,5)30-20/h6-10,12,16-21H,11,13H2,1-5H3/t16?,17-,18+,19+,20-,21-/m1/s1. The zero-order valence-electron chi connectivity index (χ0n) is 18.6. The second-order valence-corrected chi connectivity index (χ2v) is 9.24. The zero-order valence-corrected chi connectivity index (χ0v) is 18.6. The Kier molecular flexibility index (Phi) is 5.95. The summed E-state index contributed by atoms with van der Waals surface area (Å²) in [4.78, 5) is 26.0. The first-order valence-electron chi connectivity index (χ1n) is 10.7. The van der Waals surface area contributed by atoms with Gasteiger partial charge in [-0.2, -0.15) is 0 Å². The number of benzene rings is 1. The van der Waals surface area contributed by atoms with Crippen LogP contribution in [0.5, 0.6) is 0 Å². The van der Waals surface area contributed by atoms with E-state index in [1.54, 1.807) is 4.90 Å². The van der Waals surface area contributed by atoms with E-state index in [1.807, 2.05) is 58.0 Å². The lowest BCUT2D eigenvalue weighted by Gasteiger charge is -2.44. The lowest BCUT2D eigenvalue weighted by Crippen LogP contribution is -2.62. The maximum atomic E-state index is 12.7. The molecule has 0 bridgehead atoms. The summed E-state index contributed by atoms with van der Waals surface area (Å²) in [6.07, 6.45) is -1.81. The van der Waals surface area contributed by atoms with E-state index >= 15 is 0 Å². The van der Waals surface area contributed by atoms with Crippen molar-refractivity contribution in [1.29, 1.82) is 0 Å². The first kappa shape index (κ1) is 22.4. The average molecular weight is 434 g/mol. The molecular formula is C23H31NO7. The van der Waals surface area contributed by atoms with Crippen LogP contribution in [0, 0.1) is 0 Å². The minimum atomic E-state index is -0.853. The molecule has 3 saturated heterocycles. The van der Waals surface area contributed by atoms with Crippen molar-refractivity contribution in [3.8, 4) is 0 Å². The number of fused-ring (bicyclic) bond motifs is 3. The predicted molar refractivity (Wildman–Crippen MR) is 110 cm³/mol. The summed E-state index contributed by atoms with van der Waals surface area (Å²) in [5.74, 6) is -1.84. The van der Waals surface area contributed by atoms with Crippen LogP contribution >= 0.6 is 0 Å². The van der Waals surface area contributed by atoms with E-state index in [-0.39, 0.29) is 12.3 Å². The molecule has 0 aromatic heterocycles. The number of ether oxygens (including phenoxy) is 5. The number of amides is 1. The van der Waals surface area contributed by atoms with Gasteiger partial charge < -0.3 is 33.4 Å². The van der Waals surface area contributed by atoms with Gasteiger partial charge in [0.25, 0.3) is 0 Å². The van der Waals surface area contributed by atoms with Gasteiger partial charge in [0.1, 0.15) is 30.7 Å². The van der Waals surface area contributed by atoms with Gasteiger partial charge in [0, 0.05) is 19.9 Å². The summed E-state index contributed by atoms with van der Waals surface area (Å²) in [5.41, 5.74) is 0.962. The van der Waals surface area contributed by atoms with E-state index in [1.165, 1.54) is 6.92 Å². The second kappa shape index (κ2) is 8.26. The van der Waals surface area contributed by atoms with E-state index in [9.17, 15) is 9.59 Å². The van der Waals surface area contributed by atoms with E-state index in [2.05, 4.69) is 0 Å². The Bertz CT molecular complexity index is 811. The van der Waals surface area contributed by atoms with E-state index in [4.69, 9.17) is 23.7 Å². The minimum absolute atomic E-state index is 0.103. The van der Waals surface area contributed by atoms with Crippen LogP contribution in [0.15, 0.2) is 30.3 Å². The third-order valence-electron chi connectivity index (χ3n) is 5.91. The molecule has 8 nitrogen and oxygen atoms in total. The Labute approximate surface area is 182 Å².